The van der Waals surface area contributed by atoms with Crippen molar-refractivity contribution < 1.29 is 9.90 Å². The molecule has 0 saturated heterocycles. The van der Waals surface area contributed by atoms with Crippen molar-refractivity contribution in [1.82, 2.24) is 0 Å². The van der Waals surface area contributed by atoms with E-state index in [1.165, 1.54) is 0 Å². The van der Waals surface area contributed by atoms with Crippen molar-refractivity contribution in [1.29, 1.82) is 0 Å². The number of carboxylic acids is 1. The molecule has 0 heterocycles. The van der Waals surface area contributed by atoms with Gasteiger partial charge in [-0.05, 0) is 0 Å². The molecule has 0 aromatic heterocycles. The lowest BCUT2D eigenvalue weighted by Crippen LogP contribution is -1.96. The van der Waals surface area contributed by atoms with E-state index in [9.17, 15) is 4.79 Å². The maximum absolute atomic E-state index is 9.77. The van der Waals surface area contributed by atoms with Crippen molar-refractivity contribution in [3.05, 3.63) is 0 Å². The van der Waals surface area contributed by atoms with Crippen molar-refractivity contribution in [2.45, 2.75) is 6.42 Å². The number of hydrogen-bond donors (Lipinski definition) is 1. The van der Waals surface area contributed by atoms with Crippen LogP contribution in [0.2, 0.25) is 0 Å². The average molecular weight is 96.1 g/mol. The fraction of sp³-hybridized carbons (Fsp3) is 0.400. The van der Waals surface area contributed by atoms with E-state index < -0.39 is 5.97 Å². The predicted octanol–water partition coefficient (Wildman–Crippen LogP) is 0.0943. The molecule has 0 spiro atoms. The summed E-state index contributed by atoms with van der Waals surface area (Å²) in [6, 6.07) is 0. The zero-order valence-corrected chi connectivity index (χ0v) is 3.64. The molecule has 0 amide bonds. The molecule has 7 heavy (non-hydrogen) atoms. The van der Waals surface area contributed by atoms with E-state index in [0.717, 1.165) is 0 Å². The van der Waals surface area contributed by atoms with Crippen molar-refractivity contribution in [3.8, 4) is 11.8 Å². The van der Waals surface area contributed by atoms with Crippen LogP contribution >= 0.6 is 0 Å². The van der Waals surface area contributed by atoms with Crippen LogP contribution in [0.5, 0.6) is 0 Å². The van der Waals surface area contributed by atoms with Gasteiger partial charge in [-0.3, -0.25) is 4.79 Å². The summed E-state index contributed by atoms with van der Waals surface area (Å²) in [5.74, 6) is 4.52. The fourth-order valence-corrected chi connectivity index (χ4v) is 0.336. The Morgan fingerprint density at radius 3 is 2.43 bits per heavy atom. The van der Waals surface area contributed by atoms with Crippen LogP contribution in [0.15, 0.2) is 0 Å². The predicted molar refractivity (Wildman–Crippen MR) is 23.5 cm³/mol. The van der Waals surface area contributed by atoms with Gasteiger partial charge in [0, 0.05) is 0 Å². The van der Waals surface area contributed by atoms with Crippen LogP contribution in [0.1, 0.15) is 6.42 Å². The molecule has 36 valence electrons. The molecule has 0 fully saturated rings. The Labute approximate surface area is 41.1 Å². The molecule has 0 radical (unpaired) electrons. The monoisotopic (exact) mass is 96.0 g/mol. The Balaban J connectivity index is 2.11. The summed E-state index contributed by atoms with van der Waals surface area (Å²) in [7, 11) is 0. The molecule has 0 saturated carbocycles. The first-order valence-corrected chi connectivity index (χ1v) is 2.02. The summed E-state index contributed by atoms with van der Waals surface area (Å²) in [6.07, 6.45) is 0.167. The molecule has 0 atom stereocenters. The summed E-state index contributed by atoms with van der Waals surface area (Å²) in [5.41, 5.74) is 0. The highest BCUT2D eigenvalue weighted by Gasteiger charge is 2.13. The minimum Gasteiger partial charge on any atom is -0.481 e. The molecule has 1 N–H and O–H groups in total. The smallest absolute Gasteiger partial charge is 0.305 e. The Morgan fingerprint density at radius 2 is 2.29 bits per heavy atom. The van der Waals surface area contributed by atoms with Crippen LogP contribution in [-0.4, -0.2) is 11.1 Å². The van der Waals surface area contributed by atoms with Gasteiger partial charge in [0.1, 0.15) is 0 Å². The second kappa shape index (κ2) is 1.27. The molecule has 1 rings (SSSR count). The van der Waals surface area contributed by atoms with E-state index in [1.807, 2.05) is 0 Å². The van der Waals surface area contributed by atoms with Gasteiger partial charge in [0.25, 0.3) is 0 Å². The Morgan fingerprint density at radius 1 is 1.71 bits per heavy atom. The molecular formula is C5H4O2. The van der Waals surface area contributed by atoms with E-state index in [4.69, 9.17) is 5.11 Å². The van der Waals surface area contributed by atoms with Crippen LogP contribution in [0.3, 0.4) is 0 Å². The first-order valence-electron chi connectivity index (χ1n) is 2.02. The SMILES string of the molecule is O=C(O)CC1C#C1. The van der Waals surface area contributed by atoms with E-state index in [1.54, 1.807) is 0 Å². The van der Waals surface area contributed by atoms with E-state index in [2.05, 4.69) is 11.8 Å². The molecule has 2 nitrogen and oxygen atoms in total. The highest BCUT2D eigenvalue weighted by Crippen LogP contribution is 2.08. The van der Waals surface area contributed by atoms with E-state index in [0.29, 0.717) is 0 Å². The third-order valence-electron chi connectivity index (χ3n) is 0.727. The van der Waals surface area contributed by atoms with Crippen LogP contribution in [0, 0.1) is 17.8 Å². The average Bonchev–Trinajstić information content (AvgIpc) is 2.17. The molecule has 1 aliphatic carbocycles. The minimum absolute atomic E-state index is 0.0255. The standard InChI is InChI=1S/C5H4O2/c6-5(7)3-4-1-2-4/h4H,3H2,(H,6,7). The van der Waals surface area contributed by atoms with Crippen molar-refractivity contribution in [2.75, 3.05) is 0 Å². The Hall–Kier alpha value is -0.970. The maximum atomic E-state index is 9.77. The number of hydrogen-bond acceptors (Lipinski definition) is 1. The van der Waals surface area contributed by atoms with Gasteiger partial charge in [0.05, 0.1) is 12.3 Å². The van der Waals surface area contributed by atoms with Crippen LogP contribution in [-0.2, 0) is 4.79 Å². The third-order valence-corrected chi connectivity index (χ3v) is 0.727. The molecular weight excluding hydrogens is 92.1 g/mol. The largest absolute Gasteiger partial charge is 0.481 e. The van der Waals surface area contributed by atoms with Crippen LogP contribution in [0.25, 0.3) is 0 Å². The zero-order chi connectivity index (χ0) is 5.28. The molecule has 1 aliphatic rings. The van der Waals surface area contributed by atoms with Crippen LogP contribution < -0.4 is 0 Å². The van der Waals surface area contributed by atoms with Gasteiger partial charge in [-0.25, -0.2) is 0 Å². The number of rotatable bonds is 2. The summed E-state index contributed by atoms with van der Waals surface area (Å²) in [4.78, 5) is 9.77. The van der Waals surface area contributed by atoms with Gasteiger partial charge in [-0.15, -0.1) is 0 Å². The highest BCUT2D eigenvalue weighted by molar-refractivity contribution is 5.69. The zero-order valence-electron chi connectivity index (χ0n) is 3.64. The van der Waals surface area contributed by atoms with Crippen LogP contribution in [0.4, 0.5) is 0 Å². The molecule has 0 bridgehead atoms. The van der Waals surface area contributed by atoms with Gasteiger partial charge in [0.15, 0.2) is 0 Å². The first kappa shape index (κ1) is 4.20. The number of carboxylic acid groups (broad SMARTS) is 1. The van der Waals surface area contributed by atoms with Crippen molar-refractivity contribution in [2.24, 2.45) is 5.92 Å². The van der Waals surface area contributed by atoms with Gasteiger partial charge in [-0.1, -0.05) is 11.8 Å². The number of carbonyl (C=O) groups is 1. The minimum atomic E-state index is -0.775. The summed E-state index contributed by atoms with van der Waals surface area (Å²) >= 11 is 0. The lowest BCUT2D eigenvalue weighted by Gasteiger charge is -1.82. The van der Waals surface area contributed by atoms with Gasteiger partial charge >= 0.3 is 5.97 Å². The summed E-state index contributed by atoms with van der Waals surface area (Å²) in [5, 5.41) is 8.04. The van der Waals surface area contributed by atoms with Gasteiger partial charge in [-0.2, -0.15) is 0 Å². The second-order valence-corrected chi connectivity index (χ2v) is 1.44. The maximum Gasteiger partial charge on any atom is 0.305 e. The number of aliphatic carboxylic acids is 1. The molecule has 0 aromatic rings. The van der Waals surface area contributed by atoms with E-state index in [-0.39, 0.29) is 12.3 Å². The Bertz CT molecular complexity index is 141. The van der Waals surface area contributed by atoms with E-state index >= 15 is 0 Å². The normalized spacial score (nSPS) is 14.9. The third kappa shape index (κ3) is 1.27. The Kier molecular flexibility index (Phi) is 0.759. The first-order chi connectivity index (χ1) is 3.29. The highest BCUT2D eigenvalue weighted by atomic mass is 16.4. The summed E-state index contributed by atoms with van der Waals surface area (Å²) < 4.78 is 0. The molecule has 0 unspecified atom stereocenters. The lowest BCUT2D eigenvalue weighted by atomic mass is 10.2. The molecule has 0 aromatic carbocycles. The van der Waals surface area contributed by atoms with Gasteiger partial charge in [0.2, 0.25) is 0 Å². The molecule has 2 heteroatoms. The summed E-state index contributed by atoms with van der Waals surface area (Å²) in [6.45, 7) is 0. The second-order valence-electron chi connectivity index (χ2n) is 1.44. The van der Waals surface area contributed by atoms with Gasteiger partial charge < -0.3 is 5.11 Å². The topological polar surface area (TPSA) is 37.3 Å². The van der Waals surface area contributed by atoms with Crippen molar-refractivity contribution in [3.63, 3.8) is 0 Å². The van der Waals surface area contributed by atoms with Crippen molar-refractivity contribution >= 4 is 5.97 Å². The lowest BCUT2D eigenvalue weighted by molar-refractivity contribution is -0.137. The molecule has 0 aliphatic heterocycles. The quantitative estimate of drug-likeness (QED) is 0.495. The fourth-order valence-electron chi connectivity index (χ4n) is 0.336.